The molecule has 0 saturated heterocycles. The molecule has 1 N–H and O–H groups in total. The molecule has 0 saturated carbocycles. The van der Waals surface area contributed by atoms with Crippen LogP contribution in [0.3, 0.4) is 0 Å². The third-order valence-corrected chi connectivity index (χ3v) is 3.83. The van der Waals surface area contributed by atoms with Crippen molar-refractivity contribution in [2.45, 2.75) is 32.4 Å². The lowest BCUT2D eigenvalue weighted by atomic mass is 10.0. The first-order valence-electron chi connectivity index (χ1n) is 7.21. The van der Waals surface area contributed by atoms with Crippen molar-refractivity contribution in [1.82, 2.24) is 25.5 Å². The molecule has 118 valence electrons. The van der Waals surface area contributed by atoms with E-state index in [4.69, 9.17) is 4.74 Å². The van der Waals surface area contributed by atoms with Crippen LogP contribution in [-0.4, -0.2) is 51.7 Å². The SMILES string of the molecule is CCC(OC)C(=O)N(C)C(C)c1cccc(-c2nn[nH]n2)c1. The van der Waals surface area contributed by atoms with Crippen LogP contribution in [0, 0.1) is 0 Å². The molecule has 0 fully saturated rings. The van der Waals surface area contributed by atoms with Crippen LogP contribution < -0.4 is 0 Å². The third kappa shape index (κ3) is 3.30. The molecule has 1 aromatic carbocycles. The number of nitrogens with one attached hydrogen (secondary N) is 1. The first-order valence-corrected chi connectivity index (χ1v) is 7.21. The van der Waals surface area contributed by atoms with Crippen LogP contribution in [0.25, 0.3) is 11.4 Å². The molecule has 7 nitrogen and oxygen atoms in total. The molecule has 1 amide bonds. The van der Waals surface area contributed by atoms with E-state index in [2.05, 4.69) is 20.6 Å². The predicted molar refractivity (Wildman–Crippen MR) is 81.9 cm³/mol. The molecule has 2 unspecified atom stereocenters. The van der Waals surface area contributed by atoms with E-state index in [9.17, 15) is 4.79 Å². The van der Waals surface area contributed by atoms with Gasteiger partial charge in [-0.2, -0.15) is 5.21 Å². The van der Waals surface area contributed by atoms with Gasteiger partial charge in [0, 0.05) is 19.7 Å². The average Bonchev–Trinajstić information content (AvgIpc) is 3.09. The van der Waals surface area contributed by atoms with Crippen molar-refractivity contribution in [3.05, 3.63) is 29.8 Å². The van der Waals surface area contributed by atoms with Crippen molar-refractivity contribution in [3.8, 4) is 11.4 Å². The number of methoxy groups -OCH3 is 1. The molecule has 2 atom stereocenters. The summed E-state index contributed by atoms with van der Waals surface area (Å²) in [6, 6.07) is 7.69. The third-order valence-electron chi connectivity index (χ3n) is 3.83. The molecular weight excluding hydrogens is 282 g/mol. The van der Waals surface area contributed by atoms with Gasteiger partial charge in [-0.1, -0.05) is 25.1 Å². The highest BCUT2D eigenvalue weighted by Crippen LogP contribution is 2.24. The second-order valence-electron chi connectivity index (χ2n) is 5.12. The normalized spacial score (nSPS) is 13.6. The van der Waals surface area contributed by atoms with Gasteiger partial charge in [0.2, 0.25) is 5.82 Å². The van der Waals surface area contributed by atoms with Crippen LogP contribution in [0.15, 0.2) is 24.3 Å². The number of carbonyl (C=O) groups is 1. The van der Waals surface area contributed by atoms with Crippen molar-refractivity contribution < 1.29 is 9.53 Å². The summed E-state index contributed by atoms with van der Waals surface area (Å²) < 4.78 is 5.23. The summed E-state index contributed by atoms with van der Waals surface area (Å²) >= 11 is 0. The summed E-state index contributed by atoms with van der Waals surface area (Å²) in [5.74, 6) is 0.508. The van der Waals surface area contributed by atoms with Crippen LogP contribution in [0.2, 0.25) is 0 Å². The maximum atomic E-state index is 12.4. The zero-order valence-corrected chi connectivity index (χ0v) is 13.3. The van der Waals surface area contributed by atoms with Gasteiger partial charge in [0.1, 0.15) is 6.10 Å². The van der Waals surface area contributed by atoms with Crippen molar-refractivity contribution in [2.75, 3.05) is 14.2 Å². The second-order valence-corrected chi connectivity index (χ2v) is 5.12. The van der Waals surface area contributed by atoms with E-state index in [0.717, 1.165) is 11.1 Å². The molecule has 7 heteroatoms. The van der Waals surface area contributed by atoms with E-state index >= 15 is 0 Å². The Labute approximate surface area is 129 Å². The van der Waals surface area contributed by atoms with E-state index in [1.165, 1.54) is 0 Å². The number of H-pyrrole nitrogens is 1. The van der Waals surface area contributed by atoms with Gasteiger partial charge in [0.15, 0.2) is 0 Å². The van der Waals surface area contributed by atoms with Gasteiger partial charge in [-0.15, -0.1) is 10.2 Å². The summed E-state index contributed by atoms with van der Waals surface area (Å²) in [7, 11) is 3.34. The highest BCUT2D eigenvalue weighted by molar-refractivity contribution is 5.81. The van der Waals surface area contributed by atoms with Gasteiger partial charge in [-0.25, -0.2) is 0 Å². The van der Waals surface area contributed by atoms with Gasteiger partial charge < -0.3 is 9.64 Å². The predicted octanol–water partition coefficient (Wildman–Crippen LogP) is 1.81. The number of hydrogen-bond donors (Lipinski definition) is 1. The maximum absolute atomic E-state index is 12.4. The quantitative estimate of drug-likeness (QED) is 0.880. The number of nitrogens with zero attached hydrogens (tertiary/aromatic N) is 4. The van der Waals surface area contributed by atoms with Crippen LogP contribution in [0.1, 0.15) is 31.9 Å². The topological polar surface area (TPSA) is 84.0 Å². The minimum Gasteiger partial charge on any atom is -0.372 e. The molecule has 0 spiro atoms. The van der Waals surface area contributed by atoms with Crippen LogP contribution in [0.4, 0.5) is 0 Å². The number of aromatic nitrogens is 4. The number of ether oxygens (including phenoxy) is 1. The number of benzene rings is 1. The van der Waals surface area contributed by atoms with Gasteiger partial charge in [0.25, 0.3) is 5.91 Å². The fourth-order valence-electron chi connectivity index (χ4n) is 2.31. The minimum absolute atomic E-state index is 0.0255. The Morgan fingerprint density at radius 1 is 1.45 bits per heavy atom. The second kappa shape index (κ2) is 7.13. The number of hydrogen-bond acceptors (Lipinski definition) is 5. The molecule has 2 rings (SSSR count). The Morgan fingerprint density at radius 2 is 2.23 bits per heavy atom. The lowest BCUT2D eigenvalue weighted by Crippen LogP contribution is -2.38. The monoisotopic (exact) mass is 303 g/mol. The molecule has 2 aromatic rings. The Bertz CT molecular complexity index is 610. The molecule has 0 aliphatic heterocycles. The molecule has 0 aliphatic rings. The number of aromatic amines is 1. The van der Waals surface area contributed by atoms with E-state index in [1.807, 2.05) is 38.1 Å². The first-order chi connectivity index (χ1) is 10.6. The first kappa shape index (κ1) is 16.1. The Hall–Kier alpha value is -2.28. The van der Waals surface area contributed by atoms with Crippen molar-refractivity contribution in [1.29, 1.82) is 0 Å². The summed E-state index contributed by atoms with van der Waals surface area (Å²) in [5, 5.41) is 13.9. The molecule has 0 bridgehead atoms. The fraction of sp³-hybridized carbons (Fsp3) is 0.467. The fourth-order valence-corrected chi connectivity index (χ4v) is 2.31. The van der Waals surface area contributed by atoms with Gasteiger partial charge in [0.05, 0.1) is 6.04 Å². The van der Waals surface area contributed by atoms with Crippen LogP contribution >= 0.6 is 0 Å². The molecule has 0 radical (unpaired) electrons. The van der Waals surface area contributed by atoms with Crippen molar-refractivity contribution in [3.63, 3.8) is 0 Å². The Kier molecular flexibility index (Phi) is 5.21. The molecular formula is C15H21N5O2. The van der Waals surface area contributed by atoms with Gasteiger partial charge in [-0.05, 0) is 30.2 Å². The van der Waals surface area contributed by atoms with E-state index in [-0.39, 0.29) is 11.9 Å². The summed E-state index contributed by atoms with van der Waals surface area (Å²) in [5.41, 5.74) is 1.86. The smallest absolute Gasteiger partial charge is 0.251 e. The van der Waals surface area contributed by atoms with E-state index in [1.54, 1.807) is 19.1 Å². The van der Waals surface area contributed by atoms with Crippen molar-refractivity contribution in [2.24, 2.45) is 0 Å². The Morgan fingerprint density at radius 3 is 2.82 bits per heavy atom. The number of tetrazole rings is 1. The number of amides is 1. The number of rotatable bonds is 6. The Balaban J connectivity index is 2.20. The van der Waals surface area contributed by atoms with Crippen molar-refractivity contribution >= 4 is 5.91 Å². The zero-order chi connectivity index (χ0) is 16.1. The number of likely N-dealkylation sites (N-methyl/N-ethyl adjacent to an activating group) is 1. The standard InChI is InChI=1S/C15H21N5O2/c1-5-13(22-4)15(21)20(3)10(2)11-7-6-8-12(9-11)14-16-18-19-17-14/h6-10,13H,5H2,1-4H3,(H,16,17,18,19). The number of carbonyl (C=O) groups excluding carboxylic acids is 1. The molecule has 0 aliphatic carbocycles. The van der Waals surface area contributed by atoms with Crippen LogP contribution in [0.5, 0.6) is 0 Å². The summed E-state index contributed by atoms with van der Waals surface area (Å²) in [6.07, 6.45) is 0.239. The lowest BCUT2D eigenvalue weighted by Gasteiger charge is -2.28. The maximum Gasteiger partial charge on any atom is 0.251 e. The lowest BCUT2D eigenvalue weighted by molar-refractivity contribution is -0.142. The molecule has 1 aromatic heterocycles. The highest BCUT2D eigenvalue weighted by atomic mass is 16.5. The molecule has 1 heterocycles. The van der Waals surface area contributed by atoms with E-state index in [0.29, 0.717) is 12.2 Å². The van der Waals surface area contributed by atoms with E-state index < -0.39 is 6.10 Å². The minimum atomic E-state index is -0.409. The average molecular weight is 303 g/mol. The zero-order valence-electron chi connectivity index (χ0n) is 13.3. The summed E-state index contributed by atoms with van der Waals surface area (Å²) in [6.45, 7) is 3.91. The van der Waals surface area contributed by atoms with Gasteiger partial charge in [-0.3, -0.25) is 4.79 Å². The summed E-state index contributed by atoms with van der Waals surface area (Å²) in [4.78, 5) is 14.1. The largest absolute Gasteiger partial charge is 0.372 e. The van der Waals surface area contributed by atoms with Crippen LogP contribution in [-0.2, 0) is 9.53 Å². The molecule has 22 heavy (non-hydrogen) atoms. The highest BCUT2D eigenvalue weighted by Gasteiger charge is 2.24. The van der Waals surface area contributed by atoms with Gasteiger partial charge >= 0.3 is 0 Å².